The van der Waals surface area contributed by atoms with Crippen LogP contribution < -0.4 is 4.90 Å². The number of hydrogen-bond donors (Lipinski definition) is 0. The third-order valence-corrected chi connectivity index (χ3v) is 10.6. The first-order valence-electron chi connectivity index (χ1n) is 18.5. The molecule has 0 fully saturated rings. The lowest BCUT2D eigenvalue weighted by atomic mass is 9.93. The minimum atomic E-state index is 1.10. The van der Waals surface area contributed by atoms with Gasteiger partial charge in [0.25, 0.3) is 0 Å². The van der Waals surface area contributed by atoms with Gasteiger partial charge < -0.3 is 9.47 Å². The van der Waals surface area contributed by atoms with Gasteiger partial charge in [0, 0.05) is 27.6 Å². The summed E-state index contributed by atoms with van der Waals surface area (Å²) >= 11 is 0. The summed E-state index contributed by atoms with van der Waals surface area (Å²) in [6, 6.07) is 78.9. The fourth-order valence-corrected chi connectivity index (χ4v) is 8.19. The van der Waals surface area contributed by atoms with Crippen molar-refractivity contribution >= 4 is 49.6 Å². The van der Waals surface area contributed by atoms with Gasteiger partial charge in [-0.1, -0.05) is 170 Å². The maximum absolute atomic E-state index is 2.48. The van der Waals surface area contributed by atoms with E-state index in [0.717, 1.165) is 33.8 Å². The molecule has 10 rings (SSSR count). The second kappa shape index (κ2) is 13.4. The summed E-state index contributed by atoms with van der Waals surface area (Å²) in [5, 5.41) is 4.83. The zero-order valence-electron chi connectivity index (χ0n) is 29.7. The maximum Gasteiger partial charge on any atom is 0.0562 e. The van der Waals surface area contributed by atoms with Crippen LogP contribution in [0.2, 0.25) is 0 Å². The second-order valence-electron chi connectivity index (χ2n) is 13.7. The van der Waals surface area contributed by atoms with Gasteiger partial charge in [0.05, 0.1) is 28.1 Å². The molecule has 1 heterocycles. The molecule has 0 saturated heterocycles. The maximum atomic E-state index is 2.48. The van der Waals surface area contributed by atoms with Crippen LogP contribution in [0.25, 0.3) is 71.6 Å². The van der Waals surface area contributed by atoms with Crippen LogP contribution in [-0.4, -0.2) is 4.57 Å². The Morgan fingerprint density at radius 3 is 1.59 bits per heavy atom. The number of aromatic nitrogens is 1. The van der Waals surface area contributed by atoms with E-state index in [-0.39, 0.29) is 0 Å². The van der Waals surface area contributed by atoms with Gasteiger partial charge in [0.15, 0.2) is 0 Å². The lowest BCUT2D eigenvalue weighted by Gasteiger charge is -2.29. The molecule has 254 valence electrons. The molecule has 2 nitrogen and oxygen atoms in total. The first-order chi connectivity index (χ1) is 26.8. The summed E-state index contributed by atoms with van der Waals surface area (Å²) < 4.78 is 2.48. The predicted molar refractivity (Wildman–Crippen MR) is 229 cm³/mol. The molecule has 2 heteroatoms. The summed E-state index contributed by atoms with van der Waals surface area (Å²) in [6.45, 7) is 0. The highest BCUT2D eigenvalue weighted by molar-refractivity contribution is 6.17. The molecule has 0 amide bonds. The Labute approximate surface area is 315 Å². The van der Waals surface area contributed by atoms with E-state index in [0.29, 0.717) is 0 Å². The Bertz CT molecular complexity index is 2910. The Kier molecular flexibility index (Phi) is 7.85. The van der Waals surface area contributed by atoms with Crippen LogP contribution in [0, 0.1) is 0 Å². The number of hydrogen-bond acceptors (Lipinski definition) is 1. The van der Waals surface area contributed by atoms with Crippen molar-refractivity contribution in [3.8, 4) is 39.1 Å². The van der Waals surface area contributed by atoms with Gasteiger partial charge in [-0.3, -0.25) is 0 Å². The molecular weight excluding hydrogens is 653 g/mol. The monoisotopic (exact) mass is 688 g/mol. The highest BCUT2D eigenvalue weighted by atomic mass is 15.2. The van der Waals surface area contributed by atoms with Crippen LogP contribution in [0.1, 0.15) is 0 Å². The molecule has 10 aromatic rings. The van der Waals surface area contributed by atoms with E-state index in [9.17, 15) is 0 Å². The Morgan fingerprint density at radius 1 is 0.352 bits per heavy atom. The van der Waals surface area contributed by atoms with Crippen LogP contribution in [-0.2, 0) is 0 Å². The fourth-order valence-electron chi connectivity index (χ4n) is 8.19. The summed E-state index contributed by atoms with van der Waals surface area (Å²) in [7, 11) is 0. The number of anilines is 3. The van der Waals surface area contributed by atoms with Crippen LogP contribution in [0.4, 0.5) is 17.1 Å². The van der Waals surface area contributed by atoms with Crippen molar-refractivity contribution in [3.63, 3.8) is 0 Å². The molecular formula is C52H36N2. The quantitative estimate of drug-likeness (QED) is 0.162. The summed E-state index contributed by atoms with van der Waals surface area (Å²) in [6.07, 6.45) is 0. The van der Waals surface area contributed by atoms with Crippen LogP contribution >= 0.6 is 0 Å². The van der Waals surface area contributed by atoms with E-state index in [4.69, 9.17) is 0 Å². The van der Waals surface area contributed by atoms with Gasteiger partial charge >= 0.3 is 0 Å². The van der Waals surface area contributed by atoms with E-state index in [1.54, 1.807) is 0 Å². The predicted octanol–water partition coefficient (Wildman–Crippen LogP) is 14.4. The van der Waals surface area contributed by atoms with Crippen molar-refractivity contribution in [2.75, 3.05) is 4.90 Å². The number of fused-ring (bicyclic) bond motifs is 4. The van der Waals surface area contributed by atoms with Gasteiger partial charge in [-0.15, -0.1) is 0 Å². The molecule has 0 saturated carbocycles. The molecule has 54 heavy (non-hydrogen) atoms. The fraction of sp³-hybridized carbons (Fsp3) is 0. The van der Waals surface area contributed by atoms with Crippen molar-refractivity contribution < 1.29 is 0 Å². The normalized spacial score (nSPS) is 11.3. The molecule has 0 bridgehead atoms. The number of para-hydroxylation sites is 2. The van der Waals surface area contributed by atoms with Crippen molar-refractivity contribution in [2.45, 2.75) is 0 Å². The highest BCUT2D eigenvalue weighted by Crippen LogP contribution is 2.48. The molecule has 0 atom stereocenters. The Hall–Kier alpha value is -7.16. The van der Waals surface area contributed by atoms with Crippen molar-refractivity contribution in [2.24, 2.45) is 0 Å². The highest BCUT2D eigenvalue weighted by Gasteiger charge is 2.25. The molecule has 0 spiro atoms. The first kappa shape index (κ1) is 31.6. The van der Waals surface area contributed by atoms with Gasteiger partial charge in [0.1, 0.15) is 0 Å². The number of nitrogens with zero attached hydrogens (tertiary/aromatic N) is 2. The Morgan fingerprint density at radius 2 is 0.889 bits per heavy atom. The molecule has 0 N–H and O–H groups in total. The summed E-state index contributed by atoms with van der Waals surface area (Å²) in [5.41, 5.74) is 14.0. The molecule has 1 aromatic heterocycles. The lowest BCUT2D eigenvalue weighted by Crippen LogP contribution is -2.12. The summed E-state index contributed by atoms with van der Waals surface area (Å²) in [5.74, 6) is 0. The van der Waals surface area contributed by atoms with Gasteiger partial charge in [-0.2, -0.15) is 0 Å². The van der Waals surface area contributed by atoms with E-state index in [1.165, 1.54) is 54.9 Å². The molecule has 0 aliphatic carbocycles. The number of rotatable bonds is 7. The van der Waals surface area contributed by atoms with Crippen LogP contribution in [0.15, 0.2) is 218 Å². The van der Waals surface area contributed by atoms with Gasteiger partial charge in [-0.25, -0.2) is 0 Å². The third-order valence-electron chi connectivity index (χ3n) is 10.6. The van der Waals surface area contributed by atoms with Crippen LogP contribution in [0.3, 0.4) is 0 Å². The van der Waals surface area contributed by atoms with Crippen LogP contribution in [0.5, 0.6) is 0 Å². The van der Waals surface area contributed by atoms with Crippen molar-refractivity contribution in [3.05, 3.63) is 218 Å². The molecule has 9 aromatic carbocycles. The SMILES string of the molecule is c1ccc(-c2cc3ccccc3cc2N(c2ccccc2)c2cccc3c2c2ccccc2n3-c2cccc(-c3ccccc3)c2-c2ccccc2)cc1. The minimum Gasteiger partial charge on any atom is -0.309 e. The van der Waals surface area contributed by atoms with Crippen molar-refractivity contribution in [1.82, 2.24) is 4.57 Å². The molecule has 0 aliphatic heterocycles. The average Bonchev–Trinajstić information content (AvgIpc) is 3.59. The molecule has 0 unspecified atom stereocenters. The van der Waals surface area contributed by atoms with E-state index >= 15 is 0 Å². The van der Waals surface area contributed by atoms with Crippen molar-refractivity contribution in [1.29, 1.82) is 0 Å². The largest absolute Gasteiger partial charge is 0.309 e. The second-order valence-corrected chi connectivity index (χ2v) is 13.7. The molecule has 0 aliphatic rings. The van der Waals surface area contributed by atoms with Gasteiger partial charge in [0.2, 0.25) is 0 Å². The minimum absolute atomic E-state index is 1.10. The standard InChI is InChI=1S/C52H36N2/c1-5-19-37(20-6-1)43-30-17-32-47(51(43)39-23-9-3-10-24-39)54-46-31-16-15-29-44(46)52-48(33-18-34-49(52)54)53(42-27-11-4-12-28-42)50-36-41-26-14-13-25-40(41)35-45(50)38-21-7-2-8-22-38/h1-36H. The summed E-state index contributed by atoms with van der Waals surface area (Å²) in [4.78, 5) is 2.46. The number of benzene rings is 9. The zero-order valence-corrected chi connectivity index (χ0v) is 29.7. The van der Waals surface area contributed by atoms with E-state index in [1.807, 2.05) is 0 Å². The topological polar surface area (TPSA) is 8.17 Å². The Balaban J connectivity index is 1.31. The van der Waals surface area contributed by atoms with E-state index in [2.05, 4.69) is 228 Å². The van der Waals surface area contributed by atoms with Gasteiger partial charge in [-0.05, 0) is 81.6 Å². The third kappa shape index (κ3) is 5.36. The average molecular weight is 689 g/mol. The zero-order chi connectivity index (χ0) is 35.8. The lowest BCUT2D eigenvalue weighted by molar-refractivity contribution is 1.18. The smallest absolute Gasteiger partial charge is 0.0562 e. The van der Waals surface area contributed by atoms with E-state index < -0.39 is 0 Å². The molecule has 0 radical (unpaired) electrons. The first-order valence-corrected chi connectivity index (χ1v) is 18.5.